The Balaban J connectivity index is 1.36. The van der Waals surface area contributed by atoms with Gasteiger partial charge in [0.1, 0.15) is 12.4 Å². The van der Waals surface area contributed by atoms with E-state index < -0.39 is 17.8 Å². The highest BCUT2D eigenvalue weighted by Gasteiger charge is 2.29. The number of urea groups is 1. The van der Waals surface area contributed by atoms with Crippen LogP contribution in [0.3, 0.4) is 0 Å². The molecule has 1 aliphatic heterocycles. The Hall–Kier alpha value is -4.60. The number of rotatable bonds is 9. The van der Waals surface area contributed by atoms with E-state index >= 15 is 0 Å². The summed E-state index contributed by atoms with van der Waals surface area (Å²) in [4.78, 5) is 38.4. The molecule has 0 radical (unpaired) electrons. The number of carboxylic acids is 1. The second kappa shape index (κ2) is 12.3. The van der Waals surface area contributed by atoms with Gasteiger partial charge in [0.15, 0.2) is 11.6 Å². The molecule has 1 atom stereocenters. The lowest BCUT2D eigenvalue weighted by Crippen LogP contribution is -2.40. The summed E-state index contributed by atoms with van der Waals surface area (Å²) in [7, 11) is 1.49. The van der Waals surface area contributed by atoms with Crippen LogP contribution >= 0.6 is 0 Å². The molecule has 1 heterocycles. The predicted molar refractivity (Wildman–Crippen MR) is 144 cm³/mol. The molecule has 4 rings (SSSR count). The van der Waals surface area contributed by atoms with Crippen LogP contribution in [0.2, 0.25) is 0 Å². The first-order chi connectivity index (χ1) is 18.7. The SMILES string of the molecule is COc1cc(CC(=O)N2CCCC2COc2ccc(C(=O)O)cc2F)ccc1NC(=O)Nc1ccccc1C. The van der Waals surface area contributed by atoms with Crippen LogP contribution < -0.4 is 20.1 Å². The van der Waals surface area contributed by atoms with Crippen LogP contribution in [0.25, 0.3) is 0 Å². The second-order valence-electron chi connectivity index (χ2n) is 9.25. The van der Waals surface area contributed by atoms with Crippen molar-refractivity contribution >= 4 is 29.3 Å². The number of carboxylic acid groups (broad SMARTS) is 1. The van der Waals surface area contributed by atoms with Crippen molar-refractivity contribution in [2.24, 2.45) is 0 Å². The minimum Gasteiger partial charge on any atom is -0.495 e. The minimum atomic E-state index is -1.22. The Bertz CT molecular complexity index is 1380. The fourth-order valence-electron chi connectivity index (χ4n) is 4.49. The highest BCUT2D eigenvalue weighted by molar-refractivity contribution is 6.01. The van der Waals surface area contributed by atoms with Crippen molar-refractivity contribution in [2.45, 2.75) is 32.2 Å². The lowest BCUT2D eigenvalue weighted by Gasteiger charge is -2.25. The van der Waals surface area contributed by atoms with E-state index in [1.54, 1.807) is 23.1 Å². The van der Waals surface area contributed by atoms with Gasteiger partial charge in [-0.1, -0.05) is 24.3 Å². The van der Waals surface area contributed by atoms with Crippen LogP contribution in [0.1, 0.15) is 34.3 Å². The summed E-state index contributed by atoms with van der Waals surface area (Å²) < 4.78 is 25.3. The van der Waals surface area contributed by atoms with E-state index in [0.717, 1.165) is 18.1 Å². The molecule has 10 heteroatoms. The molecular formula is C29H30FN3O6. The topological polar surface area (TPSA) is 117 Å². The molecular weight excluding hydrogens is 505 g/mol. The molecule has 3 aromatic carbocycles. The Morgan fingerprint density at radius 2 is 1.79 bits per heavy atom. The van der Waals surface area contributed by atoms with Crippen molar-refractivity contribution in [3.63, 3.8) is 0 Å². The largest absolute Gasteiger partial charge is 0.495 e. The third kappa shape index (κ3) is 6.84. The van der Waals surface area contributed by atoms with Crippen LogP contribution in [-0.2, 0) is 11.2 Å². The third-order valence-electron chi connectivity index (χ3n) is 6.57. The van der Waals surface area contributed by atoms with Crippen LogP contribution in [0.4, 0.5) is 20.6 Å². The van der Waals surface area contributed by atoms with Gasteiger partial charge >= 0.3 is 12.0 Å². The first-order valence-corrected chi connectivity index (χ1v) is 12.5. The number of aromatic carboxylic acids is 1. The van der Waals surface area contributed by atoms with Gasteiger partial charge in [0.2, 0.25) is 5.91 Å². The number of ether oxygens (including phenoxy) is 2. The van der Waals surface area contributed by atoms with Gasteiger partial charge in [-0.05, 0) is 67.3 Å². The highest BCUT2D eigenvalue weighted by Crippen LogP contribution is 2.28. The highest BCUT2D eigenvalue weighted by atomic mass is 19.1. The van der Waals surface area contributed by atoms with E-state index in [0.29, 0.717) is 35.7 Å². The summed E-state index contributed by atoms with van der Waals surface area (Å²) in [5.41, 5.74) is 2.63. The number of amides is 3. The smallest absolute Gasteiger partial charge is 0.335 e. The molecule has 204 valence electrons. The maximum Gasteiger partial charge on any atom is 0.335 e. The Morgan fingerprint density at radius 1 is 1.03 bits per heavy atom. The number of benzene rings is 3. The quantitative estimate of drug-likeness (QED) is 0.351. The van der Waals surface area contributed by atoms with Gasteiger partial charge < -0.3 is 30.1 Å². The van der Waals surface area contributed by atoms with Crippen molar-refractivity contribution in [2.75, 3.05) is 30.9 Å². The van der Waals surface area contributed by atoms with Gasteiger partial charge in [-0.25, -0.2) is 14.0 Å². The number of hydrogen-bond acceptors (Lipinski definition) is 5. The van der Waals surface area contributed by atoms with Crippen molar-refractivity contribution < 1.29 is 33.4 Å². The number of halogens is 1. The number of carbonyl (C=O) groups is 3. The van der Waals surface area contributed by atoms with E-state index in [2.05, 4.69) is 10.6 Å². The molecule has 3 aromatic rings. The second-order valence-corrected chi connectivity index (χ2v) is 9.25. The maximum atomic E-state index is 14.2. The Kier molecular flexibility index (Phi) is 8.65. The molecule has 0 aromatic heterocycles. The first kappa shape index (κ1) is 27.4. The summed E-state index contributed by atoms with van der Waals surface area (Å²) in [5, 5.41) is 14.6. The normalized spacial score (nSPS) is 14.5. The number of para-hydroxylation sites is 1. The number of nitrogens with zero attached hydrogens (tertiary/aromatic N) is 1. The number of carbonyl (C=O) groups excluding carboxylic acids is 2. The Morgan fingerprint density at radius 3 is 2.51 bits per heavy atom. The molecule has 1 unspecified atom stereocenters. The first-order valence-electron chi connectivity index (χ1n) is 12.5. The van der Waals surface area contributed by atoms with Gasteiger partial charge in [-0.2, -0.15) is 0 Å². The molecule has 1 saturated heterocycles. The zero-order valence-electron chi connectivity index (χ0n) is 21.7. The molecule has 3 N–H and O–H groups in total. The van der Waals surface area contributed by atoms with Crippen molar-refractivity contribution in [3.8, 4) is 11.5 Å². The lowest BCUT2D eigenvalue weighted by molar-refractivity contribution is -0.131. The molecule has 9 nitrogen and oxygen atoms in total. The van der Waals surface area contributed by atoms with Crippen molar-refractivity contribution in [1.82, 2.24) is 4.90 Å². The van der Waals surface area contributed by atoms with E-state index in [1.165, 1.54) is 19.2 Å². The average molecular weight is 536 g/mol. The molecule has 39 heavy (non-hydrogen) atoms. The fraction of sp³-hybridized carbons (Fsp3) is 0.276. The standard InChI is InChI=1S/C29H30FN3O6/c1-18-6-3-4-8-23(18)31-29(37)32-24-11-9-19(14-26(24)38-2)15-27(34)33-13-5-7-21(33)17-39-25-12-10-20(28(35)36)16-22(25)30/h3-4,6,8-12,14,16,21H,5,7,13,15,17H2,1-2H3,(H,35,36)(H2,31,32,37). The van der Waals surface area contributed by atoms with E-state index in [1.807, 2.05) is 31.2 Å². The fourth-order valence-corrected chi connectivity index (χ4v) is 4.49. The maximum absolute atomic E-state index is 14.2. The van der Waals surface area contributed by atoms with E-state index in [4.69, 9.17) is 14.6 Å². The van der Waals surface area contributed by atoms with Crippen LogP contribution in [0.15, 0.2) is 60.7 Å². The predicted octanol–water partition coefficient (Wildman–Crippen LogP) is 5.10. The average Bonchev–Trinajstić information content (AvgIpc) is 3.39. The van der Waals surface area contributed by atoms with Crippen LogP contribution in [-0.4, -0.2) is 54.2 Å². The minimum absolute atomic E-state index is 0.0569. The number of nitrogens with one attached hydrogen (secondary N) is 2. The zero-order chi connectivity index (χ0) is 27.9. The summed E-state index contributed by atoms with van der Waals surface area (Å²) in [5.74, 6) is -1.73. The van der Waals surface area contributed by atoms with Gasteiger partial charge in [0.05, 0.1) is 30.8 Å². The monoisotopic (exact) mass is 535 g/mol. The number of aryl methyl sites for hydroxylation is 1. The van der Waals surface area contributed by atoms with Crippen molar-refractivity contribution in [3.05, 3.63) is 83.2 Å². The van der Waals surface area contributed by atoms with Gasteiger partial charge in [0.25, 0.3) is 0 Å². The number of likely N-dealkylation sites (tertiary alicyclic amines) is 1. The van der Waals surface area contributed by atoms with Crippen LogP contribution in [0.5, 0.6) is 11.5 Å². The molecule has 1 aliphatic rings. The molecule has 3 amide bonds. The lowest BCUT2D eigenvalue weighted by atomic mass is 10.1. The van der Waals surface area contributed by atoms with Crippen LogP contribution in [0, 0.1) is 12.7 Å². The summed E-state index contributed by atoms with van der Waals surface area (Å²) in [6, 6.07) is 15.4. The summed E-state index contributed by atoms with van der Waals surface area (Å²) >= 11 is 0. The molecule has 0 saturated carbocycles. The molecule has 0 bridgehead atoms. The van der Waals surface area contributed by atoms with Gasteiger partial charge in [-0.15, -0.1) is 0 Å². The molecule has 0 aliphatic carbocycles. The molecule has 0 spiro atoms. The summed E-state index contributed by atoms with van der Waals surface area (Å²) in [6.45, 7) is 2.55. The zero-order valence-corrected chi connectivity index (χ0v) is 21.7. The number of methoxy groups -OCH3 is 1. The number of hydrogen-bond donors (Lipinski definition) is 3. The van der Waals surface area contributed by atoms with E-state index in [9.17, 15) is 18.8 Å². The van der Waals surface area contributed by atoms with Gasteiger partial charge in [-0.3, -0.25) is 4.79 Å². The van der Waals surface area contributed by atoms with E-state index in [-0.39, 0.29) is 36.3 Å². The number of anilines is 2. The molecule has 1 fully saturated rings. The van der Waals surface area contributed by atoms with Gasteiger partial charge in [0, 0.05) is 12.2 Å². The third-order valence-corrected chi connectivity index (χ3v) is 6.57. The Labute approximate surface area is 225 Å². The van der Waals surface area contributed by atoms with Crippen molar-refractivity contribution in [1.29, 1.82) is 0 Å². The summed E-state index contributed by atoms with van der Waals surface area (Å²) in [6.07, 6.45) is 1.62.